The second kappa shape index (κ2) is 10.5. The van der Waals surface area contributed by atoms with Gasteiger partial charge >= 0.3 is 6.03 Å². The minimum absolute atomic E-state index is 0.00120. The number of hydrogen-bond acceptors (Lipinski definition) is 5. The van der Waals surface area contributed by atoms with Crippen LogP contribution in [0.3, 0.4) is 0 Å². The number of nitrogens with zero attached hydrogens (tertiary/aromatic N) is 4. The van der Waals surface area contributed by atoms with Gasteiger partial charge in [0.05, 0.1) is 17.1 Å². The molecule has 0 aliphatic heterocycles. The Balaban J connectivity index is 1.55. The molecule has 200 valence electrons. The van der Waals surface area contributed by atoms with Gasteiger partial charge in [0.1, 0.15) is 34.6 Å². The van der Waals surface area contributed by atoms with E-state index in [2.05, 4.69) is 10.1 Å². The number of nitrogens with two attached hydrogens (primary N) is 2. The maximum absolute atomic E-state index is 15.5. The standard InChI is InChI=1S/C27H23F3N6O3/c28-16-9-17(29)11-18(10-16)36-25(14-22(34-36)15-3-1-2-4-15)35(27(32)38)24-6-5-19(12-21(24)30)39-20-7-8-33-23(13-20)26(31)37/h5-15H,1-4H2,(H2,31,37)(H2,32,38). The minimum Gasteiger partial charge on any atom is -0.457 e. The first-order valence-electron chi connectivity index (χ1n) is 12.1. The lowest BCUT2D eigenvalue weighted by Crippen LogP contribution is -2.33. The fourth-order valence-electron chi connectivity index (χ4n) is 4.65. The maximum Gasteiger partial charge on any atom is 0.325 e. The zero-order valence-electron chi connectivity index (χ0n) is 20.5. The number of rotatable bonds is 7. The summed E-state index contributed by atoms with van der Waals surface area (Å²) in [5.41, 5.74) is 11.3. The highest BCUT2D eigenvalue weighted by atomic mass is 19.1. The smallest absolute Gasteiger partial charge is 0.325 e. The van der Waals surface area contributed by atoms with E-state index in [1.54, 1.807) is 6.07 Å². The van der Waals surface area contributed by atoms with Crippen molar-refractivity contribution in [3.05, 3.63) is 89.6 Å². The number of halogens is 3. The van der Waals surface area contributed by atoms with E-state index in [0.29, 0.717) is 11.8 Å². The Hall–Kier alpha value is -4.87. The van der Waals surface area contributed by atoms with Crippen LogP contribution in [-0.2, 0) is 0 Å². The highest BCUT2D eigenvalue weighted by Crippen LogP contribution is 2.38. The first kappa shape index (κ1) is 25.8. The lowest BCUT2D eigenvalue weighted by atomic mass is 10.0. The fourth-order valence-corrected chi connectivity index (χ4v) is 4.65. The molecule has 1 aliphatic rings. The van der Waals surface area contributed by atoms with Crippen molar-refractivity contribution in [1.29, 1.82) is 0 Å². The Kier molecular flexibility index (Phi) is 6.92. The number of primary amides is 2. The Morgan fingerprint density at radius 1 is 0.923 bits per heavy atom. The van der Waals surface area contributed by atoms with E-state index >= 15 is 4.39 Å². The molecule has 4 N–H and O–H groups in total. The van der Waals surface area contributed by atoms with Gasteiger partial charge in [-0.05, 0) is 43.2 Å². The van der Waals surface area contributed by atoms with Crippen LogP contribution >= 0.6 is 0 Å². The van der Waals surface area contributed by atoms with Crippen LogP contribution in [-0.4, -0.2) is 26.7 Å². The molecule has 2 aromatic carbocycles. The normalized spacial score (nSPS) is 13.4. The third-order valence-corrected chi connectivity index (χ3v) is 6.40. The van der Waals surface area contributed by atoms with Gasteiger partial charge in [-0.25, -0.2) is 27.5 Å². The summed E-state index contributed by atoms with van der Waals surface area (Å²) in [6.45, 7) is 0. The van der Waals surface area contributed by atoms with Gasteiger partial charge in [-0.15, -0.1) is 0 Å². The third kappa shape index (κ3) is 5.40. The number of urea groups is 1. The van der Waals surface area contributed by atoms with Crippen molar-refractivity contribution in [3.8, 4) is 17.2 Å². The number of carbonyl (C=O) groups excluding carboxylic acids is 2. The SMILES string of the molecule is NC(=O)c1cc(Oc2ccc(N(C(N)=O)c3cc(C4CCCC4)nn3-c3cc(F)cc(F)c3)c(F)c2)ccn1. The molecule has 0 bridgehead atoms. The maximum atomic E-state index is 15.5. The zero-order chi connectivity index (χ0) is 27.7. The molecule has 2 heterocycles. The number of amides is 3. The van der Waals surface area contributed by atoms with Crippen molar-refractivity contribution in [2.45, 2.75) is 31.6 Å². The number of aromatic nitrogens is 3. The molecule has 0 saturated heterocycles. The highest BCUT2D eigenvalue weighted by molar-refractivity contribution is 5.98. The summed E-state index contributed by atoms with van der Waals surface area (Å²) < 4.78 is 50.5. The number of ether oxygens (including phenoxy) is 1. The molecule has 12 heteroatoms. The molecule has 0 unspecified atom stereocenters. The molecular formula is C27H23F3N6O3. The van der Waals surface area contributed by atoms with Crippen LogP contribution in [0.15, 0.2) is 60.8 Å². The Bertz CT molecular complexity index is 1550. The van der Waals surface area contributed by atoms with Crippen LogP contribution in [0.4, 0.5) is 29.5 Å². The van der Waals surface area contributed by atoms with E-state index in [1.165, 1.54) is 35.1 Å². The van der Waals surface area contributed by atoms with Crippen molar-refractivity contribution in [1.82, 2.24) is 14.8 Å². The number of carbonyl (C=O) groups is 2. The first-order chi connectivity index (χ1) is 18.7. The van der Waals surface area contributed by atoms with Crippen LogP contribution in [0, 0.1) is 17.5 Å². The molecule has 4 aromatic rings. The van der Waals surface area contributed by atoms with Crippen LogP contribution in [0.2, 0.25) is 0 Å². The van der Waals surface area contributed by atoms with Crippen LogP contribution in [0.1, 0.15) is 47.8 Å². The number of anilines is 2. The van der Waals surface area contributed by atoms with E-state index in [9.17, 15) is 18.4 Å². The number of benzene rings is 2. The van der Waals surface area contributed by atoms with Gasteiger partial charge in [0, 0.05) is 36.4 Å². The lowest BCUT2D eigenvalue weighted by molar-refractivity contribution is 0.0995. The van der Waals surface area contributed by atoms with Gasteiger partial charge < -0.3 is 16.2 Å². The molecule has 3 amide bonds. The highest BCUT2D eigenvalue weighted by Gasteiger charge is 2.28. The van der Waals surface area contributed by atoms with E-state index in [1.807, 2.05) is 0 Å². The molecule has 1 saturated carbocycles. The molecule has 0 atom stereocenters. The van der Waals surface area contributed by atoms with E-state index < -0.39 is 29.4 Å². The quantitative estimate of drug-likeness (QED) is 0.324. The Labute approximate surface area is 220 Å². The predicted octanol–water partition coefficient (Wildman–Crippen LogP) is 5.45. The molecule has 39 heavy (non-hydrogen) atoms. The molecule has 1 fully saturated rings. The Morgan fingerprint density at radius 2 is 1.62 bits per heavy atom. The molecule has 2 aromatic heterocycles. The Morgan fingerprint density at radius 3 is 2.26 bits per heavy atom. The first-order valence-corrected chi connectivity index (χ1v) is 12.1. The molecule has 0 spiro atoms. The summed E-state index contributed by atoms with van der Waals surface area (Å²) in [7, 11) is 0. The van der Waals surface area contributed by atoms with E-state index in [0.717, 1.165) is 48.8 Å². The molecular weight excluding hydrogens is 513 g/mol. The molecule has 9 nitrogen and oxygen atoms in total. The van der Waals surface area contributed by atoms with Crippen molar-refractivity contribution < 1.29 is 27.5 Å². The predicted molar refractivity (Wildman–Crippen MR) is 136 cm³/mol. The third-order valence-electron chi connectivity index (χ3n) is 6.40. The average Bonchev–Trinajstić information content (AvgIpc) is 3.55. The van der Waals surface area contributed by atoms with Crippen LogP contribution in [0.25, 0.3) is 5.69 Å². The largest absolute Gasteiger partial charge is 0.457 e. The van der Waals surface area contributed by atoms with E-state index in [4.69, 9.17) is 16.2 Å². The summed E-state index contributed by atoms with van der Waals surface area (Å²) in [5.74, 6) is -3.00. The lowest BCUT2D eigenvalue weighted by Gasteiger charge is -2.22. The van der Waals surface area contributed by atoms with Crippen molar-refractivity contribution in [2.24, 2.45) is 11.5 Å². The summed E-state index contributed by atoms with van der Waals surface area (Å²) in [6, 6.07) is 9.79. The number of pyridine rings is 1. The fraction of sp³-hybridized carbons (Fsp3) is 0.185. The summed E-state index contributed by atoms with van der Waals surface area (Å²) in [6.07, 6.45) is 5.02. The summed E-state index contributed by atoms with van der Waals surface area (Å²) >= 11 is 0. The zero-order valence-corrected chi connectivity index (χ0v) is 20.5. The van der Waals surface area contributed by atoms with Gasteiger partial charge in [0.25, 0.3) is 5.91 Å². The minimum atomic E-state index is -1.04. The summed E-state index contributed by atoms with van der Waals surface area (Å²) in [5, 5.41) is 4.54. The number of hydrogen-bond donors (Lipinski definition) is 2. The van der Waals surface area contributed by atoms with E-state index in [-0.39, 0.29) is 40.3 Å². The van der Waals surface area contributed by atoms with Crippen molar-refractivity contribution in [2.75, 3.05) is 4.90 Å². The van der Waals surface area contributed by atoms with Gasteiger partial charge in [0.15, 0.2) is 5.82 Å². The van der Waals surface area contributed by atoms with Crippen LogP contribution in [0.5, 0.6) is 11.5 Å². The van der Waals surface area contributed by atoms with Crippen LogP contribution < -0.4 is 21.1 Å². The molecule has 1 aliphatic carbocycles. The second-order valence-corrected chi connectivity index (χ2v) is 9.08. The van der Waals surface area contributed by atoms with Gasteiger partial charge in [-0.3, -0.25) is 9.78 Å². The molecule has 5 rings (SSSR count). The monoisotopic (exact) mass is 536 g/mol. The molecule has 0 radical (unpaired) electrons. The van der Waals surface area contributed by atoms with Gasteiger partial charge in [-0.2, -0.15) is 5.10 Å². The average molecular weight is 537 g/mol. The summed E-state index contributed by atoms with van der Waals surface area (Å²) in [4.78, 5) is 28.8. The van der Waals surface area contributed by atoms with Gasteiger partial charge in [-0.1, -0.05) is 12.8 Å². The van der Waals surface area contributed by atoms with Gasteiger partial charge in [0.2, 0.25) is 0 Å². The topological polar surface area (TPSA) is 129 Å². The second-order valence-electron chi connectivity index (χ2n) is 9.08. The van der Waals surface area contributed by atoms with Crippen molar-refractivity contribution in [3.63, 3.8) is 0 Å². The van der Waals surface area contributed by atoms with Crippen molar-refractivity contribution >= 4 is 23.4 Å².